The molecule has 0 aliphatic heterocycles. The predicted octanol–water partition coefficient (Wildman–Crippen LogP) is 4.51. The lowest BCUT2D eigenvalue weighted by Gasteiger charge is -2.24. The van der Waals surface area contributed by atoms with Crippen LogP contribution in [0, 0.1) is 0 Å². The SMILES string of the molecule is CCNC(CSC(C)(C)C)Cc1cc(Br)ccc1OC. The van der Waals surface area contributed by atoms with Gasteiger partial charge in [0.05, 0.1) is 7.11 Å². The lowest BCUT2D eigenvalue weighted by atomic mass is 10.1. The number of methoxy groups -OCH3 is 1. The van der Waals surface area contributed by atoms with Gasteiger partial charge < -0.3 is 10.1 Å². The summed E-state index contributed by atoms with van der Waals surface area (Å²) in [6.45, 7) is 9.94. The number of ether oxygens (including phenoxy) is 1. The standard InChI is InChI=1S/C16H26BrNOS/c1-6-18-14(11-20-16(2,3)4)10-12-9-13(17)7-8-15(12)19-5/h7-9,14,18H,6,10-11H2,1-5H3. The molecule has 114 valence electrons. The maximum atomic E-state index is 5.47. The average molecular weight is 360 g/mol. The first-order valence-electron chi connectivity index (χ1n) is 7.05. The van der Waals surface area contributed by atoms with Crippen molar-refractivity contribution in [1.82, 2.24) is 5.32 Å². The number of benzene rings is 1. The van der Waals surface area contributed by atoms with Crippen LogP contribution in [0.25, 0.3) is 0 Å². The Labute approximate surface area is 136 Å². The highest BCUT2D eigenvalue weighted by Crippen LogP contribution is 2.27. The summed E-state index contributed by atoms with van der Waals surface area (Å²) in [7, 11) is 1.74. The first-order valence-corrected chi connectivity index (χ1v) is 8.83. The minimum absolute atomic E-state index is 0.301. The number of halogens is 1. The fourth-order valence-corrected chi connectivity index (χ4v) is 3.35. The van der Waals surface area contributed by atoms with Gasteiger partial charge in [-0.1, -0.05) is 43.6 Å². The molecule has 1 atom stereocenters. The molecular formula is C16H26BrNOS. The summed E-state index contributed by atoms with van der Waals surface area (Å²) in [5.41, 5.74) is 1.25. The van der Waals surface area contributed by atoms with Crippen LogP contribution < -0.4 is 10.1 Å². The summed E-state index contributed by atoms with van der Waals surface area (Å²) in [5, 5.41) is 3.58. The number of likely N-dealkylation sites (N-methyl/N-ethyl adjacent to an activating group) is 1. The Morgan fingerprint density at radius 2 is 2.05 bits per heavy atom. The van der Waals surface area contributed by atoms with E-state index in [0.29, 0.717) is 10.8 Å². The monoisotopic (exact) mass is 359 g/mol. The van der Waals surface area contributed by atoms with Crippen molar-refractivity contribution < 1.29 is 4.74 Å². The molecule has 0 aromatic heterocycles. The molecule has 0 spiro atoms. The van der Waals surface area contributed by atoms with Crippen LogP contribution in [0.2, 0.25) is 0 Å². The van der Waals surface area contributed by atoms with Crippen LogP contribution in [0.3, 0.4) is 0 Å². The smallest absolute Gasteiger partial charge is 0.122 e. The third-order valence-electron chi connectivity index (χ3n) is 2.92. The number of nitrogens with one attached hydrogen (secondary N) is 1. The molecule has 0 aliphatic carbocycles. The Balaban J connectivity index is 2.76. The molecule has 0 heterocycles. The molecule has 2 nitrogen and oxygen atoms in total. The molecule has 0 saturated carbocycles. The normalized spacial score (nSPS) is 13.3. The Bertz CT molecular complexity index is 417. The second-order valence-corrected chi connectivity index (χ2v) is 8.60. The molecule has 1 aromatic rings. The van der Waals surface area contributed by atoms with Crippen molar-refractivity contribution in [2.24, 2.45) is 0 Å². The van der Waals surface area contributed by atoms with Gasteiger partial charge in [-0.3, -0.25) is 0 Å². The molecule has 1 unspecified atom stereocenters. The van der Waals surface area contributed by atoms with Gasteiger partial charge in [-0.05, 0) is 36.7 Å². The van der Waals surface area contributed by atoms with Crippen molar-refractivity contribution in [2.75, 3.05) is 19.4 Å². The minimum Gasteiger partial charge on any atom is -0.496 e. The average Bonchev–Trinajstić information content (AvgIpc) is 2.35. The van der Waals surface area contributed by atoms with Gasteiger partial charge in [0.2, 0.25) is 0 Å². The third-order valence-corrected chi connectivity index (χ3v) is 4.85. The van der Waals surface area contributed by atoms with E-state index in [4.69, 9.17) is 4.74 Å². The Kier molecular flexibility index (Phi) is 7.41. The zero-order valence-electron chi connectivity index (χ0n) is 13.1. The van der Waals surface area contributed by atoms with Gasteiger partial charge in [0.1, 0.15) is 5.75 Å². The number of hydrogen-bond donors (Lipinski definition) is 1. The number of rotatable bonds is 7. The zero-order valence-corrected chi connectivity index (χ0v) is 15.5. The van der Waals surface area contributed by atoms with Crippen LogP contribution in [-0.4, -0.2) is 30.2 Å². The van der Waals surface area contributed by atoms with Gasteiger partial charge in [-0.25, -0.2) is 0 Å². The highest BCUT2D eigenvalue weighted by Gasteiger charge is 2.17. The minimum atomic E-state index is 0.301. The van der Waals surface area contributed by atoms with E-state index >= 15 is 0 Å². The molecule has 0 saturated heterocycles. The van der Waals surface area contributed by atoms with Crippen molar-refractivity contribution >= 4 is 27.7 Å². The Hall–Kier alpha value is -0.190. The first kappa shape index (κ1) is 17.9. The van der Waals surface area contributed by atoms with Crippen LogP contribution in [0.1, 0.15) is 33.3 Å². The highest BCUT2D eigenvalue weighted by atomic mass is 79.9. The summed E-state index contributed by atoms with van der Waals surface area (Å²) in [4.78, 5) is 0. The molecule has 1 rings (SSSR count). The van der Waals surface area contributed by atoms with Gasteiger partial charge >= 0.3 is 0 Å². The van der Waals surface area contributed by atoms with E-state index < -0.39 is 0 Å². The topological polar surface area (TPSA) is 21.3 Å². The Morgan fingerprint density at radius 1 is 1.35 bits per heavy atom. The molecule has 0 bridgehead atoms. The van der Waals surface area contributed by atoms with Crippen LogP contribution in [0.15, 0.2) is 22.7 Å². The second kappa shape index (κ2) is 8.30. The van der Waals surface area contributed by atoms with E-state index in [9.17, 15) is 0 Å². The lowest BCUT2D eigenvalue weighted by molar-refractivity contribution is 0.406. The van der Waals surface area contributed by atoms with Gasteiger partial charge in [0, 0.05) is 21.0 Å². The number of hydrogen-bond acceptors (Lipinski definition) is 3. The molecule has 4 heteroatoms. The fourth-order valence-electron chi connectivity index (χ4n) is 2.00. The molecule has 0 radical (unpaired) electrons. The van der Waals surface area contributed by atoms with Gasteiger partial charge in [0.15, 0.2) is 0 Å². The van der Waals surface area contributed by atoms with Crippen LogP contribution in [0.4, 0.5) is 0 Å². The quantitative estimate of drug-likeness (QED) is 0.773. The maximum absolute atomic E-state index is 5.47. The van der Waals surface area contributed by atoms with Gasteiger partial charge in [-0.15, -0.1) is 0 Å². The van der Waals surface area contributed by atoms with E-state index in [1.165, 1.54) is 5.56 Å². The highest BCUT2D eigenvalue weighted by molar-refractivity contribution is 9.10. The summed E-state index contributed by atoms with van der Waals surface area (Å²) >= 11 is 5.55. The van der Waals surface area contributed by atoms with Crippen LogP contribution >= 0.6 is 27.7 Å². The predicted molar refractivity (Wildman–Crippen MR) is 94.1 cm³/mol. The van der Waals surface area contributed by atoms with Crippen molar-refractivity contribution in [1.29, 1.82) is 0 Å². The van der Waals surface area contributed by atoms with Crippen molar-refractivity contribution in [2.45, 2.75) is 44.9 Å². The molecule has 0 aliphatic rings. The second-order valence-electron chi connectivity index (χ2n) is 5.84. The van der Waals surface area contributed by atoms with Crippen LogP contribution in [0.5, 0.6) is 5.75 Å². The van der Waals surface area contributed by atoms with E-state index in [2.05, 4.69) is 55.0 Å². The largest absolute Gasteiger partial charge is 0.496 e. The van der Waals surface area contributed by atoms with Gasteiger partial charge in [0.25, 0.3) is 0 Å². The van der Waals surface area contributed by atoms with E-state index in [1.807, 2.05) is 23.9 Å². The molecule has 1 aromatic carbocycles. The lowest BCUT2D eigenvalue weighted by Crippen LogP contribution is -2.34. The van der Waals surface area contributed by atoms with E-state index in [-0.39, 0.29) is 0 Å². The molecule has 1 N–H and O–H groups in total. The summed E-state index contributed by atoms with van der Waals surface area (Å²) < 4.78 is 6.87. The van der Waals surface area contributed by atoms with Crippen molar-refractivity contribution in [3.8, 4) is 5.75 Å². The zero-order chi connectivity index (χ0) is 15.2. The third kappa shape index (κ3) is 6.51. The summed E-state index contributed by atoms with van der Waals surface area (Å²) in [6, 6.07) is 6.67. The summed E-state index contributed by atoms with van der Waals surface area (Å²) in [5.74, 6) is 2.07. The molecular weight excluding hydrogens is 334 g/mol. The molecule has 20 heavy (non-hydrogen) atoms. The van der Waals surface area contributed by atoms with E-state index in [1.54, 1.807) is 7.11 Å². The fraction of sp³-hybridized carbons (Fsp3) is 0.625. The maximum Gasteiger partial charge on any atom is 0.122 e. The van der Waals surface area contributed by atoms with E-state index in [0.717, 1.165) is 28.9 Å². The molecule has 0 amide bonds. The van der Waals surface area contributed by atoms with Crippen LogP contribution in [-0.2, 0) is 6.42 Å². The van der Waals surface area contributed by atoms with Crippen molar-refractivity contribution in [3.05, 3.63) is 28.2 Å². The first-order chi connectivity index (χ1) is 9.35. The van der Waals surface area contributed by atoms with Gasteiger partial charge in [-0.2, -0.15) is 11.8 Å². The Morgan fingerprint density at radius 3 is 2.60 bits per heavy atom. The molecule has 0 fully saturated rings. The van der Waals surface area contributed by atoms with Crippen molar-refractivity contribution in [3.63, 3.8) is 0 Å². The number of thioether (sulfide) groups is 1. The summed E-state index contributed by atoms with van der Waals surface area (Å²) in [6.07, 6.45) is 0.986.